The number of benzodiazepines with no additional fused rings is 1. The lowest BCUT2D eigenvalue weighted by Crippen LogP contribution is -2.42. The molecule has 0 aliphatic carbocycles. The summed E-state index contributed by atoms with van der Waals surface area (Å²) in [5, 5.41) is 5.24. The first-order valence-electron chi connectivity index (χ1n) is 7.55. The molecule has 6 heteroatoms. The second kappa shape index (κ2) is 6.95. The van der Waals surface area contributed by atoms with Crippen LogP contribution >= 0.6 is 0 Å². The molecule has 1 aliphatic heterocycles. The fourth-order valence-corrected chi connectivity index (χ4v) is 2.40. The summed E-state index contributed by atoms with van der Waals surface area (Å²) in [5.41, 5.74) is 3.03. The van der Waals surface area contributed by atoms with E-state index >= 15 is 0 Å². The highest BCUT2D eigenvalue weighted by atomic mass is 16.5. The molecule has 0 aromatic heterocycles. The van der Waals surface area contributed by atoms with Gasteiger partial charge in [-0.15, -0.1) is 0 Å². The first-order valence-corrected chi connectivity index (χ1v) is 7.55. The van der Waals surface area contributed by atoms with Crippen molar-refractivity contribution in [1.82, 2.24) is 5.32 Å². The third-order valence-electron chi connectivity index (χ3n) is 3.61. The van der Waals surface area contributed by atoms with E-state index in [9.17, 15) is 9.59 Å². The second-order valence-corrected chi connectivity index (χ2v) is 5.36. The molecular weight excluding hydrogens is 306 g/mol. The van der Waals surface area contributed by atoms with Gasteiger partial charge in [0.1, 0.15) is 6.61 Å². The van der Waals surface area contributed by atoms with Gasteiger partial charge in [-0.25, -0.2) is 4.79 Å². The van der Waals surface area contributed by atoms with Crippen LogP contribution in [0.2, 0.25) is 0 Å². The number of aliphatic imine (C=N–C) groups is 1. The van der Waals surface area contributed by atoms with E-state index in [1.54, 1.807) is 13.0 Å². The van der Waals surface area contributed by atoms with Gasteiger partial charge in [-0.1, -0.05) is 48.5 Å². The molecule has 0 spiro atoms. The van der Waals surface area contributed by atoms with Gasteiger partial charge >= 0.3 is 6.09 Å². The number of alkyl carbamates (subject to hydrolysis) is 1. The molecule has 3 rings (SSSR count). The summed E-state index contributed by atoms with van der Waals surface area (Å²) >= 11 is 0. The zero-order valence-electron chi connectivity index (χ0n) is 13.2. The Bertz CT molecular complexity index is 787. The maximum absolute atomic E-state index is 12.2. The van der Waals surface area contributed by atoms with E-state index in [4.69, 9.17) is 4.74 Å². The van der Waals surface area contributed by atoms with Crippen molar-refractivity contribution in [2.75, 3.05) is 5.32 Å². The number of nitrogens with zero attached hydrogens (tertiary/aromatic N) is 1. The molecule has 2 aromatic carbocycles. The molecule has 0 saturated carbocycles. The van der Waals surface area contributed by atoms with Crippen molar-refractivity contribution in [2.45, 2.75) is 19.7 Å². The zero-order valence-corrected chi connectivity index (χ0v) is 13.2. The fraction of sp³-hybridized carbons (Fsp3) is 0.167. The number of amides is 2. The molecule has 6 nitrogen and oxygen atoms in total. The van der Waals surface area contributed by atoms with Crippen LogP contribution in [0.15, 0.2) is 59.6 Å². The van der Waals surface area contributed by atoms with Crippen molar-refractivity contribution < 1.29 is 14.3 Å². The zero-order chi connectivity index (χ0) is 16.9. The topological polar surface area (TPSA) is 79.8 Å². The molecule has 122 valence electrons. The summed E-state index contributed by atoms with van der Waals surface area (Å²) in [5.74, 6) is -0.407. The molecule has 1 heterocycles. The molecule has 2 aromatic rings. The van der Waals surface area contributed by atoms with Crippen molar-refractivity contribution in [2.24, 2.45) is 4.99 Å². The maximum Gasteiger partial charge on any atom is 0.409 e. The van der Waals surface area contributed by atoms with Crippen LogP contribution in [0.25, 0.3) is 0 Å². The summed E-state index contributed by atoms with van der Waals surface area (Å²) in [6.07, 6.45) is -1.72. The normalized spacial score (nSPS) is 16.3. The molecule has 2 amide bonds. The van der Waals surface area contributed by atoms with Crippen molar-refractivity contribution in [3.63, 3.8) is 0 Å². The van der Waals surface area contributed by atoms with Crippen molar-refractivity contribution in [1.29, 1.82) is 0 Å². The SMILES string of the molecule is CC1=NC(NC(=O)OCc2ccccc2)C(=O)Nc2ccccc21. The Labute approximate surface area is 139 Å². The number of benzene rings is 2. The van der Waals surface area contributed by atoms with Crippen LogP contribution in [-0.2, 0) is 16.1 Å². The van der Waals surface area contributed by atoms with Crippen molar-refractivity contribution >= 4 is 23.4 Å². The Hall–Kier alpha value is -3.15. The Balaban J connectivity index is 1.66. The van der Waals surface area contributed by atoms with Gasteiger partial charge in [-0.3, -0.25) is 15.1 Å². The number of para-hydroxylation sites is 1. The number of carbonyl (C=O) groups excluding carboxylic acids is 2. The van der Waals surface area contributed by atoms with Gasteiger partial charge in [-0.05, 0) is 18.6 Å². The largest absolute Gasteiger partial charge is 0.445 e. The lowest BCUT2D eigenvalue weighted by Gasteiger charge is -2.13. The number of anilines is 1. The molecule has 0 radical (unpaired) electrons. The lowest BCUT2D eigenvalue weighted by atomic mass is 10.1. The third kappa shape index (κ3) is 3.60. The fourth-order valence-electron chi connectivity index (χ4n) is 2.40. The number of hydrogen-bond donors (Lipinski definition) is 2. The average molecular weight is 323 g/mol. The van der Waals surface area contributed by atoms with E-state index in [2.05, 4.69) is 15.6 Å². The number of ether oxygens (including phenoxy) is 1. The van der Waals surface area contributed by atoms with Gasteiger partial charge in [-0.2, -0.15) is 0 Å². The van der Waals surface area contributed by atoms with E-state index in [1.807, 2.05) is 48.5 Å². The molecule has 1 aliphatic rings. The van der Waals surface area contributed by atoms with E-state index in [1.165, 1.54) is 0 Å². The maximum atomic E-state index is 12.2. The first-order chi connectivity index (χ1) is 11.6. The highest BCUT2D eigenvalue weighted by Crippen LogP contribution is 2.19. The minimum atomic E-state index is -1.03. The molecular formula is C18H17N3O3. The van der Waals surface area contributed by atoms with Crippen molar-refractivity contribution in [3.8, 4) is 0 Å². The predicted molar refractivity (Wildman–Crippen MR) is 90.8 cm³/mol. The molecule has 0 fully saturated rings. The Kier molecular flexibility index (Phi) is 4.56. The van der Waals surface area contributed by atoms with E-state index in [-0.39, 0.29) is 6.61 Å². The molecule has 1 unspecified atom stereocenters. The first kappa shape index (κ1) is 15.7. The van der Waals surface area contributed by atoms with Gasteiger partial charge in [0.25, 0.3) is 5.91 Å². The number of fused-ring (bicyclic) bond motifs is 1. The van der Waals surface area contributed by atoms with E-state index < -0.39 is 18.2 Å². The average Bonchev–Trinajstić information content (AvgIpc) is 2.71. The van der Waals surface area contributed by atoms with Gasteiger partial charge in [0.05, 0.1) is 0 Å². The number of rotatable bonds is 3. The van der Waals surface area contributed by atoms with Crippen LogP contribution in [0.3, 0.4) is 0 Å². The quantitative estimate of drug-likeness (QED) is 0.911. The monoisotopic (exact) mass is 323 g/mol. The van der Waals surface area contributed by atoms with Gasteiger partial charge in [0.15, 0.2) is 0 Å². The van der Waals surface area contributed by atoms with Gasteiger partial charge < -0.3 is 10.1 Å². The smallest absolute Gasteiger partial charge is 0.409 e. The Morgan fingerprint density at radius 3 is 2.67 bits per heavy atom. The minimum Gasteiger partial charge on any atom is -0.445 e. The molecule has 0 saturated heterocycles. The summed E-state index contributed by atoms with van der Waals surface area (Å²) in [6.45, 7) is 1.92. The predicted octanol–water partition coefficient (Wildman–Crippen LogP) is 2.70. The summed E-state index contributed by atoms with van der Waals surface area (Å²) in [7, 11) is 0. The number of nitrogens with one attached hydrogen (secondary N) is 2. The standard InChI is InChI=1S/C18H17N3O3/c1-12-14-9-5-6-10-15(14)20-17(22)16(19-12)21-18(23)24-11-13-7-3-2-4-8-13/h2-10,16H,11H2,1H3,(H,20,22)(H,21,23). The minimum absolute atomic E-state index is 0.129. The third-order valence-corrected chi connectivity index (χ3v) is 3.61. The van der Waals surface area contributed by atoms with Gasteiger partial charge in [0.2, 0.25) is 6.17 Å². The van der Waals surface area contributed by atoms with Crippen LogP contribution in [0.1, 0.15) is 18.1 Å². The van der Waals surface area contributed by atoms with E-state index in [0.717, 1.165) is 11.1 Å². The molecule has 0 bridgehead atoms. The highest BCUT2D eigenvalue weighted by Gasteiger charge is 2.25. The molecule has 24 heavy (non-hydrogen) atoms. The van der Waals surface area contributed by atoms with Crippen LogP contribution in [0.4, 0.5) is 10.5 Å². The highest BCUT2D eigenvalue weighted by molar-refractivity contribution is 6.11. The van der Waals surface area contributed by atoms with E-state index in [0.29, 0.717) is 11.4 Å². The molecule has 2 N–H and O–H groups in total. The van der Waals surface area contributed by atoms with Crippen LogP contribution in [0.5, 0.6) is 0 Å². The van der Waals surface area contributed by atoms with Crippen LogP contribution in [0, 0.1) is 0 Å². The van der Waals surface area contributed by atoms with Crippen molar-refractivity contribution in [3.05, 3.63) is 65.7 Å². The summed E-state index contributed by atoms with van der Waals surface area (Å²) in [4.78, 5) is 28.5. The number of carbonyl (C=O) groups is 2. The van der Waals surface area contributed by atoms with Gasteiger partial charge in [0, 0.05) is 17.0 Å². The Morgan fingerprint density at radius 1 is 1.17 bits per heavy atom. The summed E-state index contributed by atoms with van der Waals surface area (Å²) < 4.78 is 5.13. The lowest BCUT2D eigenvalue weighted by molar-refractivity contribution is -0.117. The van der Waals surface area contributed by atoms with Crippen LogP contribution < -0.4 is 10.6 Å². The second-order valence-electron chi connectivity index (χ2n) is 5.36. The van der Waals surface area contributed by atoms with Crippen LogP contribution in [-0.4, -0.2) is 23.9 Å². The molecule has 1 atom stereocenters. The number of hydrogen-bond acceptors (Lipinski definition) is 4. The Morgan fingerprint density at radius 2 is 1.88 bits per heavy atom. The summed E-state index contributed by atoms with van der Waals surface area (Å²) in [6, 6.07) is 16.7.